The Morgan fingerprint density at radius 1 is 0.246 bits per heavy atom. The van der Waals surface area contributed by atoms with E-state index in [2.05, 4.69) is 217 Å². The molecule has 0 radical (unpaired) electrons. The molecule has 0 N–H and O–H groups in total. The zero-order chi connectivity index (χ0) is 37.5. The third kappa shape index (κ3) is 4.96. The van der Waals surface area contributed by atoms with Crippen LogP contribution in [0.3, 0.4) is 0 Å². The molecule has 0 fully saturated rings. The Morgan fingerprint density at radius 3 is 1.54 bits per heavy atom. The Bertz CT molecular complexity index is 3520. The average Bonchev–Trinajstić information content (AvgIpc) is 3.61. The smallest absolute Gasteiger partial charge is 0.0541 e. The van der Waals surface area contributed by atoms with Gasteiger partial charge in [0.2, 0.25) is 0 Å². The van der Waals surface area contributed by atoms with Crippen molar-refractivity contribution in [1.82, 2.24) is 4.57 Å². The predicted octanol–water partition coefficient (Wildman–Crippen LogP) is 15.6. The molecule has 1 nitrogen and oxygen atoms in total. The second kappa shape index (κ2) is 12.5. The first-order valence-electron chi connectivity index (χ1n) is 19.8. The lowest BCUT2D eigenvalue weighted by atomic mass is 9.84. The summed E-state index contributed by atoms with van der Waals surface area (Å²) >= 11 is 0. The molecule has 0 aliphatic rings. The van der Waals surface area contributed by atoms with Crippen LogP contribution in [0.15, 0.2) is 212 Å². The summed E-state index contributed by atoms with van der Waals surface area (Å²) < 4.78 is 2.40. The Morgan fingerprint density at radius 2 is 0.789 bits per heavy atom. The molecule has 0 bridgehead atoms. The third-order valence-electron chi connectivity index (χ3n) is 12.1. The van der Waals surface area contributed by atoms with Gasteiger partial charge in [-0.1, -0.05) is 164 Å². The largest absolute Gasteiger partial charge is 0.309 e. The van der Waals surface area contributed by atoms with Crippen LogP contribution in [-0.2, 0) is 0 Å². The minimum atomic E-state index is 1.17. The normalized spacial score (nSPS) is 11.9. The maximum absolute atomic E-state index is 2.44. The molecule has 11 aromatic carbocycles. The van der Waals surface area contributed by atoms with Crippen LogP contribution in [0.2, 0.25) is 0 Å². The summed E-state index contributed by atoms with van der Waals surface area (Å²) in [6.07, 6.45) is 0. The molecule has 0 aliphatic carbocycles. The molecule has 264 valence electrons. The Balaban J connectivity index is 1.08. The van der Waals surface area contributed by atoms with Gasteiger partial charge in [0, 0.05) is 16.5 Å². The zero-order valence-electron chi connectivity index (χ0n) is 31.2. The van der Waals surface area contributed by atoms with E-state index in [1.165, 1.54) is 115 Å². The molecule has 57 heavy (non-hydrogen) atoms. The standard InChI is InChI=1S/C56H35N/c1-2-13-36(14-3-1)55-48-20-6-7-21-49(48)56(50-30-28-42(35-52(50)55)45-22-12-17-41-31-37-15-4-5-16-38(37)34-51(41)45)43-26-25-40-33-44(29-27-39(40)32-43)57-53-23-10-8-18-46(53)47-19-9-11-24-54(47)57/h1-35H. The minimum absolute atomic E-state index is 1.17. The van der Waals surface area contributed by atoms with E-state index >= 15 is 0 Å². The van der Waals surface area contributed by atoms with Gasteiger partial charge in [0.1, 0.15) is 0 Å². The highest BCUT2D eigenvalue weighted by molar-refractivity contribution is 6.22. The molecule has 0 spiro atoms. The van der Waals surface area contributed by atoms with Gasteiger partial charge in [-0.15, -0.1) is 0 Å². The lowest BCUT2D eigenvalue weighted by Crippen LogP contribution is -1.94. The fourth-order valence-electron chi connectivity index (χ4n) is 9.52. The van der Waals surface area contributed by atoms with E-state index in [4.69, 9.17) is 0 Å². The van der Waals surface area contributed by atoms with E-state index in [0.29, 0.717) is 0 Å². The molecule has 1 aromatic heterocycles. The van der Waals surface area contributed by atoms with E-state index in [-0.39, 0.29) is 0 Å². The second-order valence-corrected chi connectivity index (χ2v) is 15.3. The number of para-hydroxylation sites is 2. The molecule has 1 heteroatoms. The number of hydrogen-bond donors (Lipinski definition) is 0. The average molecular weight is 722 g/mol. The van der Waals surface area contributed by atoms with Crippen LogP contribution in [0.1, 0.15) is 0 Å². The van der Waals surface area contributed by atoms with Crippen LogP contribution in [0.25, 0.3) is 115 Å². The molecule has 12 aromatic rings. The summed E-state index contributed by atoms with van der Waals surface area (Å²) in [6.45, 7) is 0. The molecule has 0 saturated carbocycles. The maximum Gasteiger partial charge on any atom is 0.0541 e. The van der Waals surface area contributed by atoms with Crippen LogP contribution in [-0.4, -0.2) is 4.57 Å². The molecular weight excluding hydrogens is 687 g/mol. The molecule has 12 rings (SSSR count). The van der Waals surface area contributed by atoms with Gasteiger partial charge in [-0.25, -0.2) is 0 Å². The Labute approximate surface area is 330 Å². The van der Waals surface area contributed by atoms with Crippen LogP contribution in [0.4, 0.5) is 0 Å². The van der Waals surface area contributed by atoms with E-state index in [1.807, 2.05) is 0 Å². The summed E-state index contributed by atoms with van der Waals surface area (Å²) in [6, 6.07) is 78.5. The minimum Gasteiger partial charge on any atom is -0.309 e. The molecular formula is C56H35N. The monoisotopic (exact) mass is 721 g/mol. The highest BCUT2D eigenvalue weighted by atomic mass is 15.0. The van der Waals surface area contributed by atoms with Gasteiger partial charge in [-0.05, 0) is 136 Å². The second-order valence-electron chi connectivity index (χ2n) is 15.3. The van der Waals surface area contributed by atoms with Gasteiger partial charge in [0.25, 0.3) is 0 Å². The highest BCUT2D eigenvalue weighted by Crippen LogP contribution is 2.46. The number of hydrogen-bond acceptors (Lipinski definition) is 0. The summed E-state index contributed by atoms with van der Waals surface area (Å²) in [5.41, 5.74) is 11.1. The van der Waals surface area contributed by atoms with Crippen molar-refractivity contribution in [2.24, 2.45) is 0 Å². The van der Waals surface area contributed by atoms with E-state index in [9.17, 15) is 0 Å². The quantitative estimate of drug-likeness (QED) is 0.160. The molecule has 0 amide bonds. The molecule has 0 atom stereocenters. The predicted molar refractivity (Wildman–Crippen MR) is 245 cm³/mol. The van der Waals surface area contributed by atoms with Crippen molar-refractivity contribution in [1.29, 1.82) is 0 Å². The molecule has 1 heterocycles. The van der Waals surface area contributed by atoms with Crippen molar-refractivity contribution in [2.75, 3.05) is 0 Å². The molecule has 0 aliphatic heterocycles. The SMILES string of the molecule is c1ccc(-c2c3ccccc3c(-c3ccc4cc(-n5c6ccccc6c6ccccc65)ccc4c3)c3ccc(-c4cccc5cc6ccccc6cc45)cc23)cc1. The lowest BCUT2D eigenvalue weighted by molar-refractivity contribution is 1.19. The fraction of sp³-hybridized carbons (Fsp3) is 0. The number of aromatic nitrogens is 1. The molecule has 0 unspecified atom stereocenters. The van der Waals surface area contributed by atoms with Gasteiger partial charge in [-0.2, -0.15) is 0 Å². The summed E-state index contributed by atoms with van der Waals surface area (Å²) in [5, 5.41) is 15.1. The van der Waals surface area contributed by atoms with Crippen molar-refractivity contribution < 1.29 is 0 Å². The Hall–Kier alpha value is -7.48. The van der Waals surface area contributed by atoms with Crippen LogP contribution in [0, 0.1) is 0 Å². The van der Waals surface area contributed by atoms with Gasteiger partial charge in [0.15, 0.2) is 0 Å². The summed E-state index contributed by atoms with van der Waals surface area (Å²) in [5.74, 6) is 0. The van der Waals surface area contributed by atoms with Gasteiger partial charge in [0.05, 0.1) is 11.0 Å². The van der Waals surface area contributed by atoms with Crippen molar-refractivity contribution in [3.05, 3.63) is 212 Å². The number of benzene rings is 11. The lowest BCUT2D eigenvalue weighted by Gasteiger charge is -2.19. The molecule has 0 saturated heterocycles. The topological polar surface area (TPSA) is 4.93 Å². The van der Waals surface area contributed by atoms with Gasteiger partial charge < -0.3 is 4.57 Å². The fourth-order valence-corrected chi connectivity index (χ4v) is 9.52. The first-order chi connectivity index (χ1) is 28.3. The number of nitrogens with zero attached hydrogens (tertiary/aromatic N) is 1. The van der Waals surface area contributed by atoms with Crippen molar-refractivity contribution in [3.8, 4) is 39.1 Å². The highest BCUT2D eigenvalue weighted by Gasteiger charge is 2.19. The van der Waals surface area contributed by atoms with Crippen LogP contribution >= 0.6 is 0 Å². The van der Waals surface area contributed by atoms with Crippen molar-refractivity contribution in [2.45, 2.75) is 0 Å². The summed E-state index contributed by atoms with van der Waals surface area (Å²) in [7, 11) is 0. The van der Waals surface area contributed by atoms with E-state index in [1.54, 1.807) is 0 Å². The summed E-state index contributed by atoms with van der Waals surface area (Å²) in [4.78, 5) is 0. The van der Waals surface area contributed by atoms with Crippen LogP contribution < -0.4 is 0 Å². The van der Waals surface area contributed by atoms with Crippen molar-refractivity contribution in [3.63, 3.8) is 0 Å². The van der Waals surface area contributed by atoms with Gasteiger partial charge >= 0.3 is 0 Å². The third-order valence-corrected chi connectivity index (χ3v) is 12.1. The van der Waals surface area contributed by atoms with Gasteiger partial charge in [-0.3, -0.25) is 0 Å². The van der Waals surface area contributed by atoms with E-state index in [0.717, 1.165) is 0 Å². The van der Waals surface area contributed by atoms with Crippen LogP contribution in [0.5, 0.6) is 0 Å². The first-order valence-corrected chi connectivity index (χ1v) is 19.8. The number of fused-ring (bicyclic) bond motifs is 8. The Kier molecular flexibility index (Phi) is 7.00. The maximum atomic E-state index is 2.44. The first kappa shape index (κ1) is 31.8. The number of rotatable bonds is 4. The van der Waals surface area contributed by atoms with Crippen molar-refractivity contribution >= 4 is 75.7 Å². The van der Waals surface area contributed by atoms with E-state index < -0.39 is 0 Å². The zero-order valence-corrected chi connectivity index (χ0v) is 31.2.